The lowest BCUT2D eigenvalue weighted by atomic mass is 9.79. The van der Waals surface area contributed by atoms with E-state index in [1.54, 1.807) is 0 Å². The Morgan fingerprint density at radius 3 is 2.87 bits per heavy atom. The summed E-state index contributed by atoms with van der Waals surface area (Å²) in [5, 5.41) is 2.79. The van der Waals surface area contributed by atoms with Gasteiger partial charge in [-0.1, -0.05) is 61.6 Å². The summed E-state index contributed by atoms with van der Waals surface area (Å²) in [6.45, 7) is 2.30. The van der Waals surface area contributed by atoms with E-state index < -0.39 is 0 Å². The number of hydrogen-bond acceptors (Lipinski definition) is 0. The van der Waals surface area contributed by atoms with Crippen LogP contribution in [0, 0.1) is 11.8 Å². The second-order valence-electron chi connectivity index (χ2n) is 4.34. The number of fused-ring (bicyclic) bond motifs is 2. The van der Waals surface area contributed by atoms with Crippen molar-refractivity contribution in [1.29, 1.82) is 0 Å². The second kappa shape index (κ2) is 3.23. The largest absolute Gasteiger partial charge is 0.0764 e. The molecule has 0 spiro atoms. The molecule has 0 saturated heterocycles. The minimum Gasteiger partial charge on any atom is -0.0764 e. The molecule has 0 heteroatoms. The fraction of sp³-hybridized carbons (Fsp3) is 0.200. The fourth-order valence-electron chi connectivity index (χ4n) is 2.58. The van der Waals surface area contributed by atoms with Gasteiger partial charge in [-0.25, -0.2) is 0 Å². The van der Waals surface area contributed by atoms with E-state index >= 15 is 0 Å². The average molecular weight is 194 g/mol. The van der Waals surface area contributed by atoms with Gasteiger partial charge in [0.25, 0.3) is 0 Å². The number of benzene rings is 1. The van der Waals surface area contributed by atoms with Gasteiger partial charge < -0.3 is 0 Å². The molecule has 0 aliphatic heterocycles. The Hall–Kier alpha value is -1.56. The van der Waals surface area contributed by atoms with Crippen LogP contribution in [0.25, 0.3) is 11.6 Å². The van der Waals surface area contributed by atoms with Crippen molar-refractivity contribution in [1.82, 2.24) is 0 Å². The molecule has 0 saturated carbocycles. The lowest BCUT2D eigenvalue weighted by Gasteiger charge is -2.25. The van der Waals surface area contributed by atoms with Crippen LogP contribution in [-0.2, 0) is 0 Å². The number of rotatable bonds is 0. The van der Waals surface area contributed by atoms with Gasteiger partial charge in [0.2, 0.25) is 0 Å². The molecule has 0 bridgehead atoms. The van der Waals surface area contributed by atoms with E-state index in [0.717, 1.165) is 0 Å². The van der Waals surface area contributed by atoms with Crippen molar-refractivity contribution in [3.05, 3.63) is 59.0 Å². The molecule has 0 N–H and O–H groups in total. The van der Waals surface area contributed by atoms with Crippen LogP contribution in [0.5, 0.6) is 0 Å². The lowest BCUT2D eigenvalue weighted by molar-refractivity contribution is 0.649. The summed E-state index contributed by atoms with van der Waals surface area (Å²) in [5.74, 6) is 1.18. The average Bonchev–Trinajstić information content (AvgIpc) is 2.30. The molecule has 0 radical (unpaired) electrons. The Balaban J connectivity index is 2.40. The summed E-state index contributed by atoms with van der Waals surface area (Å²) in [6.07, 6.45) is 11.2. The van der Waals surface area contributed by atoms with Gasteiger partial charge in [0.15, 0.2) is 0 Å². The monoisotopic (exact) mass is 194 g/mol. The van der Waals surface area contributed by atoms with Gasteiger partial charge in [0, 0.05) is 5.92 Å². The summed E-state index contributed by atoms with van der Waals surface area (Å²) in [7, 11) is 0. The predicted octanol–water partition coefficient (Wildman–Crippen LogP) is 2.01. The van der Waals surface area contributed by atoms with E-state index in [9.17, 15) is 0 Å². The molecule has 3 rings (SSSR count). The maximum absolute atomic E-state index is 2.38. The van der Waals surface area contributed by atoms with Crippen molar-refractivity contribution in [3.63, 3.8) is 0 Å². The van der Waals surface area contributed by atoms with Crippen LogP contribution < -0.4 is 10.4 Å². The van der Waals surface area contributed by atoms with Gasteiger partial charge in [-0.05, 0) is 21.9 Å². The predicted molar refractivity (Wildman–Crippen MR) is 64.5 cm³/mol. The van der Waals surface area contributed by atoms with Crippen molar-refractivity contribution in [2.75, 3.05) is 0 Å². The normalized spacial score (nSPS) is 26.9. The summed E-state index contributed by atoms with van der Waals surface area (Å²) in [6, 6.07) is 8.68. The quantitative estimate of drug-likeness (QED) is 0.592. The molecule has 0 heterocycles. The first-order chi connectivity index (χ1) is 7.36. The van der Waals surface area contributed by atoms with E-state index in [1.807, 2.05) is 0 Å². The molecule has 2 atom stereocenters. The SMILES string of the molecule is CC1C=c2ccccc2=C2C=CC=CC21. The van der Waals surface area contributed by atoms with Crippen LogP contribution in [0.3, 0.4) is 0 Å². The molecule has 1 aromatic rings. The molecule has 15 heavy (non-hydrogen) atoms. The molecule has 0 nitrogen and oxygen atoms in total. The maximum atomic E-state index is 2.38. The first-order valence-electron chi connectivity index (χ1n) is 5.52. The molecule has 1 aromatic carbocycles. The zero-order chi connectivity index (χ0) is 10.3. The molecule has 2 aliphatic carbocycles. The van der Waals surface area contributed by atoms with E-state index in [0.29, 0.717) is 11.8 Å². The van der Waals surface area contributed by atoms with Crippen LogP contribution in [0.4, 0.5) is 0 Å². The Labute approximate surface area is 89.9 Å². The summed E-state index contributed by atoms with van der Waals surface area (Å²) in [5.41, 5.74) is 1.48. The van der Waals surface area contributed by atoms with Crippen molar-refractivity contribution < 1.29 is 0 Å². The van der Waals surface area contributed by atoms with Gasteiger partial charge in [-0.2, -0.15) is 0 Å². The number of hydrogen-bond donors (Lipinski definition) is 0. The van der Waals surface area contributed by atoms with E-state index in [-0.39, 0.29) is 0 Å². The smallest absolute Gasteiger partial charge is 0.00877 e. The van der Waals surface area contributed by atoms with E-state index in [2.05, 4.69) is 61.6 Å². The van der Waals surface area contributed by atoms with Crippen LogP contribution in [0.2, 0.25) is 0 Å². The third-order valence-corrected chi connectivity index (χ3v) is 3.35. The highest BCUT2D eigenvalue weighted by Crippen LogP contribution is 2.28. The van der Waals surface area contributed by atoms with Crippen molar-refractivity contribution in [3.8, 4) is 0 Å². The Morgan fingerprint density at radius 2 is 1.93 bits per heavy atom. The maximum Gasteiger partial charge on any atom is 0.00877 e. The topological polar surface area (TPSA) is 0 Å². The van der Waals surface area contributed by atoms with Gasteiger partial charge in [0.1, 0.15) is 0 Å². The molecule has 2 unspecified atom stereocenters. The van der Waals surface area contributed by atoms with Crippen LogP contribution >= 0.6 is 0 Å². The molecular formula is C15H14. The van der Waals surface area contributed by atoms with Crippen molar-refractivity contribution in [2.24, 2.45) is 11.8 Å². The molecule has 2 aliphatic rings. The zero-order valence-corrected chi connectivity index (χ0v) is 8.85. The van der Waals surface area contributed by atoms with Crippen LogP contribution in [0.15, 0.2) is 48.6 Å². The molecule has 74 valence electrons. The highest BCUT2D eigenvalue weighted by atomic mass is 14.2. The third-order valence-electron chi connectivity index (χ3n) is 3.35. The van der Waals surface area contributed by atoms with Crippen molar-refractivity contribution >= 4 is 11.6 Å². The Morgan fingerprint density at radius 1 is 1.07 bits per heavy atom. The fourth-order valence-corrected chi connectivity index (χ4v) is 2.58. The molecular weight excluding hydrogens is 180 g/mol. The van der Waals surface area contributed by atoms with Crippen molar-refractivity contribution in [2.45, 2.75) is 6.92 Å². The second-order valence-corrected chi connectivity index (χ2v) is 4.34. The lowest BCUT2D eigenvalue weighted by Crippen LogP contribution is -2.35. The highest BCUT2D eigenvalue weighted by molar-refractivity contribution is 5.67. The van der Waals surface area contributed by atoms with E-state index in [1.165, 1.54) is 16.0 Å². The minimum absolute atomic E-state index is 0.574. The standard InChI is InChI=1S/C15H14/c1-11-10-12-6-2-3-8-14(12)15-9-5-4-7-13(11)15/h2-11,13H,1H3. The Kier molecular flexibility index (Phi) is 1.88. The summed E-state index contributed by atoms with van der Waals surface area (Å²) < 4.78 is 0. The first kappa shape index (κ1) is 8.72. The van der Waals surface area contributed by atoms with Gasteiger partial charge in [0.05, 0.1) is 0 Å². The third kappa shape index (κ3) is 1.29. The van der Waals surface area contributed by atoms with Crippen LogP contribution in [0.1, 0.15) is 6.92 Å². The van der Waals surface area contributed by atoms with Crippen LogP contribution in [-0.4, -0.2) is 0 Å². The Bertz CT molecular complexity index is 558. The highest BCUT2D eigenvalue weighted by Gasteiger charge is 2.20. The van der Waals surface area contributed by atoms with Gasteiger partial charge in [-0.3, -0.25) is 0 Å². The molecule has 0 amide bonds. The van der Waals surface area contributed by atoms with Gasteiger partial charge in [-0.15, -0.1) is 0 Å². The van der Waals surface area contributed by atoms with E-state index in [4.69, 9.17) is 0 Å². The zero-order valence-electron chi connectivity index (χ0n) is 8.85. The summed E-state index contributed by atoms with van der Waals surface area (Å²) in [4.78, 5) is 0. The molecule has 0 aromatic heterocycles. The first-order valence-corrected chi connectivity index (χ1v) is 5.52. The van der Waals surface area contributed by atoms with Gasteiger partial charge >= 0.3 is 0 Å². The minimum atomic E-state index is 0.574. The number of allylic oxidation sites excluding steroid dienone is 4. The molecule has 0 fully saturated rings. The summed E-state index contributed by atoms with van der Waals surface area (Å²) >= 11 is 0.